The van der Waals surface area contributed by atoms with Gasteiger partial charge in [-0.2, -0.15) is 0 Å². The van der Waals surface area contributed by atoms with Crippen molar-refractivity contribution in [2.75, 3.05) is 39.4 Å². The Bertz CT molecular complexity index is 268. The van der Waals surface area contributed by atoms with Gasteiger partial charge in [-0.25, -0.2) is 0 Å². The maximum atomic E-state index is 12.2. The van der Waals surface area contributed by atoms with E-state index in [1.807, 2.05) is 6.92 Å². The molecule has 0 aromatic carbocycles. The summed E-state index contributed by atoms with van der Waals surface area (Å²) in [5.41, 5.74) is 0. The number of aliphatic hydroxyl groups excluding tert-OH is 1. The van der Waals surface area contributed by atoms with E-state index < -0.39 is 6.10 Å². The van der Waals surface area contributed by atoms with Gasteiger partial charge in [-0.3, -0.25) is 4.79 Å². The fraction of sp³-hybridized carbons (Fsp3) is 0.909. The van der Waals surface area contributed by atoms with Crippen LogP contribution < -0.4 is 5.32 Å². The molecule has 0 aromatic rings. The molecule has 0 radical (unpaired) electrons. The van der Waals surface area contributed by atoms with Crippen molar-refractivity contribution in [3.05, 3.63) is 0 Å². The number of hydrogen-bond donors (Lipinski definition) is 2. The summed E-state index contributed by atoms with van der Waals surface area (Å²) in [5.74, 6) is -0.00852. The summed E-state index contributed by atoms with van der Waals surface area (Å²) in [6.45, 7) is 4.78. The summed E-state index contributed by atoms with van der Waals surface area (Å²) in [6, 6.07) is 0. The van der Waals surface area contributed by atoms with E-state index >= 15 is 0 Å². The topological polar surface area (TPSA) is 71.0 Å². The molecule has 0 bridgehead atoms. The minimum atomic E-state index is -0.395. The third-order valence-electron chi connectivity index (χ3n) is 3.04. The van der Waals surface area contributed by atoms with Crippen molar-refractivity contribution in [2.24, 2.45) is 0 Å². The van der Waals surface area contributed by atoms with Crippen LogP contribution in [0, 0.1) is 0 Å². The van der Waals surface area contributed by atoms with Crippen LogP contribution in [0.25, 0.3) is 0 Å². The average molecular weight is 244 g/mol. The highest BCUT2D eigenvalue weighted by molar-refractivity contribution is 5.81. The van der Waals surface area contributed by atoms with Gasteiger partial charge in [0.25, 0.3) is 5.91 Å². The summed E-state index contributed by atoms with van der Waals surface area (Å²) < 4.78 is 10.9. The van der Waals surface area contributed by atoms with Gasteiger partial charge in [-0.1, -0.05) is 0 Å². The third kappa shape index (κ3) is 3.16. The zero-order chi connectivity index (χ0) is 12.3. The van der Waals surface area contributed by atoms with E-state index in [-0.39, 0.29) is 24.7 Å². The van der Waals surface area contributed by atoms with Crippen LogP contribution in [0.5, 0.6) is 0 Å². The number of carbonyl (C=O) groups excluding carboxylic acids is 1. The van der Waals surface area contributed by atoms with Crippen molar-refractivity contribution in [3.63, 3.8) is 0 Å². The fourth-order valence-electron chi connectivity index (χ4n) is 2.25. The molecule has 0 aliphatic carbocycles. The number of ether oxygens (including phenoxy) is 2. The third-order valence-corrected chi connectivity index (χ3v) is 3.04. The van der Waals surface area contributed by atoms with Gasteiger partial charge < -0.3 is 24.8 Å². The highest BCUT2D eigenvalue weighted by Crippen LogP contribution is 2.13. The number of carbonyl (C=O) groups is 1. The number of morpholine rings is 2. The molecular formula is C11H20N2O4. The normalized spacial score (nSPS) is 34.7. The Kier molecular flexibility index (Phi) is 4.33. The van der Waals surface area contributed by atoms with Crippen LogP contribution >= 0.6 is 0 Å². The van der Waals surface area contributed by atoms with Crippen LogP contribution in [0.1, 0.15) is 6.92 Å². The van der Waals surface area contributed by atoms with Gasteiger partial charge in [-0.05, 0) is 6.92 Å². The van der Waals surface area contributed by atoms with Crippen LogP contribution in [0.15, 0.2) is 0 Å². The number of hydrogen-bond acceptors (Lipinski definition) is 5. The van der Waals surface area contributed by atoms with E-state index in [9.17, 15) is 4.79 Å². The SMILES string of the molecule is CC1CN(C(=O)C2CNCCO2)CC(CO)O1. The molecule has 0 saturated carbocycles. The van der Waals surface area contributed by atoms with Crippen molar-refractivity contribution in [2.45, 2.75) is 25.2 Å². The number of nitrogens with zero attached hydrogens (tertiary/aromatic N) is 1. The van der Waals surface area contributed by atoms with Gasteiger partial charge >= 0.3 is 0 Å². The zero-order valence-electron chi connectivity index (χ0n) is 10.1. The van der Waals surface area contributed by atoms with Gasteiger partial charge in [0, 0.05) is 26.2 Å². The lowest BCUT2D eigenvalue weighted by molar-refractivity contribution is -0.159. The molecule has 2 N–H and O–H groups in total. The van der Waals surface area contributed by atoms with Crippen molar-refractivity contribution in [1.29, 1.82) is 0 Å². The average Bonchev–Trinajstić information content (AvgIpc) is 2.38. The first-order valence-corrected chi connectivity index (χ1v) is 6.08. The molecule has 2 heterocycles. The van der Waals surface area contributed by atoms with E-state index in [0.29, 0.717) is 26.2 Å². The highest BCUT2D eigenvalue weighted by atomic mass is 16.5. The van der Waals surface area contributed by atoms with Gasteiger partial charge in [0.05, 0.1) is 25.4 Å². The molecule has 98 valence electrons. The largest absolute Gasteiger partial charge is 0.394 e. The van der Waals surface area contributed by atoms with E-state index in [2.05, 4.69) is 5.32 Å². The lowest BCUT2D eigenvalue weighted by Crippen LogP contribution is -2.56. The standard InChI is InChI=1S/C11H20N2O4/c1-8-5-13(6-9(7-14)17-8)11(15)10-4-12-2-3-16-10/h8-10,12,14H,2-7H2,1H3. The Morgan fingerprint density at radius 2 is 2.35 bits per heavy atom. The molecule has 2 fully saturated rings. The van der Waals surface area contributed by atoms with Crippen LogP contribution in [0.2, 0.25) is 0 Å². The molecule has 0 spiro atoms. The first-order chi connectivity index (χ1) is 8.20. The van der Waals surface area contributed by atoms with Gasteiger partial charge in [-0.15, -0.1) is 0 Å². The first-order valence-electron chi connectivity index (χ1n) is 6.08. The number of rotatable bonds is 2. The van der Waals surface area contributed by atoms with E-state index in [0.717, 1.165) is 6.54 Å². The first kappa shape index (κ1) is 12.8. The van der Waals surface area contributed by atoms with Gasteiger partial charge in [0.1, 0.15) is 6.10 Å². The molecule has 2 aliphatic rings. The Morgan fingerprint density at radius 1 is 1.53 bits per heavy atom. The smallest absolute Gasteiger partial charge is 0.253 e. The number of aliphatic hydroxyl groups is 1. The van der Waals surface area contributed by atoms with Gasteiger partial charge in [0.2, 0.25) is 0 Å². The lowest BCUT2D eigenvalue weighted by Gasteiger charge is -2.38. The minimum Gasteiger partial charge on any atom is -0.394 e. The number of amides is 1. The monoisotopic (exact) mass is 244 g/mol. The second kappa shape index (κ2) is 5.77. The second-order valence-corrected chi connectivity index (χ2v) is 4.56. The van der Waals surface area contributed by atoms with E-state index in [4.69, 9.17) is 14.6 Å². The van der Waals surface area contributed by atoms with Crippen LogP contribution in [0.3, 0.4) is 0 Å². The maximum Gasteiger partial charge on any atom is 0.253 e. The molecule has 17 heavy (non-hydrogen) atoms. The van der Waals surface area contributed by atoms with E-state index in [1.54, 1.807) is 4.90 Å². The minimum absolute atomic E-state index is 0.00852. The van der Waals surface area contributed by atoms with Gasteiger partial charge in [0.15, 0.2) is 0 Å². The molecule has 6 heteroatoms. The predicted octanol–water partition coefficient (Wildman–Crippen LogP) is -1.42. The molecule has 3 unspecified atom stereocenters. The summed E-state index contributed by atoms with van der Waals surface area (Å²) in [7, 11) is 0. The molecule has 1 amide bonds. The highest BCUT2D eigenvalue weighted by Gasteiger charge is 2.32. The summed E-state index contributed by atoms with van der Waals surface area (Å²) in [6.07, 6.45) is -0.714. The molecular weight excluding hydrogens is 224 g/mol. The fourth-order valence-corrected chi connectivity index (χ4v) is 2.25. The molecule has 2 rings (SSSR count). The summed E-state index contributed by atoms with van der Waals surface area (Å²) >= 11 is 0. The lowest BCUT2D eigenvalue weighted by atomic mass is 10.2. The second-order valence-electron chi connectivity index (χ2n) is 4.56. The molecule has 2 saturated heterocycles. The Hall–Kier alpha value is -0.690. The summed E-state index contributed by atoms with van der Waals surface area (Å²) in [4.78, 5) is 13.9. The van der Waals surface area contributed by atoms with Crippen molar-refractivity contribution < 1.29 is 19.4 Å². The molecule has 3 atom stereocenters. The van der Waals surface area contributed by atoms with Crippen LogP contribution in [-0.2, 0) is 14.3 Å². The Balaban J connectivity index is 1.93. The number of nitrogens with one attached hydrogen (secondary N) is 1. The van der Waals surface area contributed by atoms with E-state index in [1.165, 1.54) is 0 Å². The molecule has 0 aromatic heterocycles. The molecule has 6 nitrogen and oxygen atoms in total. The molecule has 2 aliphatic heterocycles. The van der Waals surface area contributed by atoms with Crippen LogP contribution in [0.4, 0.5) is 0 Å². The van der Waals surface area contributed by atoms with Crippen molar-refractivity contribution in [3.8, 4) is 0 Å². The zero-order valence-corrected chi connectivity index (χ0v) is 10.1. The predicted molar refractivity (Wildman–Crippen MR) is 60.6 cm³/mol. The van der Waals surface area contributed by atoms with Crippen molar-refractivity contribution in [1.82, 2.24) is 10.2 Å². The maximum absolute atomic E-state index is 12.2. The Labute approximate surface area is 101 Å². The Morgan fingerprint density at radius 3 is 3.00 bits per heavy atom. The van der Waals surface area contributed by atoms with Crippen LogP contribution in [-0.4, -0.2) is 73.6 Å². The summed E-state index contributed by atoms with van der Waals surface area (Å²) in [5, 5.41) is 12.3. The quantitative estimate of drug-likeness (QED) is 0.624. The van der Waals surface area contributed by atoms with Crippen molar-refractivity contribution >= 4 is 5.91 Å².